The van der Waals surface area contributed by atoms with Gasteiger partial charge in [-0.2, -0.15) is 0 Å². The third kappa shape index (κ3) is 3.83. The van der Waals surface area contributed by atoms with Crippen LogP contribution in [0.5, 0.6) is 0 Å². The predicted molar refractivity (Wildman–Crippen MR) is 66.3 cm³/mol. The Kier molecular flexibility index (Phi) is 4.23. The Hall–Kier alpha value is -1.80. The van der Waals surface area contributed by atoms with Gasteiger partial charge >= 0.3 is 0 Å². The van der Waals surface area contributed by atoms with Crippen LogP contribution >= 0.6 is 0 Å². The van der Waals surface area contributed by atoms with Gasteiger partial charge < -0.3 is 4.98 Å². The number of hydrogen-bond acceptors (Lipinski definition) is 4. The van der Waals surface area contributed by atoms with Gasteiger partial charge in [0.2, 0.25) is 10.0 Å². The van der Waals surface area contributed by atoms with Crippen LogP contribution in [0, 0.1) is 5.82 Å². The summed E-state index contributed by atoms with van der Waals surface area (Å²) in [4.78, 5) is 10.3. The molecule has 19 heavy (non-hydrogen) atoms. The maximum absolute atomic E-state index is 12.9. The summed E-state index contributed by atoms with van der Waals surface area (Å²) in [7, 11) is -3.71. The number of aromatic amines is 1. The van der Waals surface area contributed by atoms with Crippen LogP contribution in [0.2, 0.25) is 0 Å². The normalized spacial score (nSPS) is 11.6. The summed E-state index contributed by atoms with van der Waals surface area (Å²) in [5, 5.41) is 0. The van der Waals surface area contributed by atoms with E-state index in [0.717, 1.165) is 24.3 Å². The van der Waals surface area contributed by atoms with Gasteiger partial charge in [0.15, 0.2) is 0 Å². The van der Waals surface area contributed by atoms with Gasteiger partial charge in [-0.3, -0.25) is 4.98 Å². The van der Waals surface area contributed by atoms with E-state index in [0.29, 0.717) is 12.8 Å². The van der Waals surface area contributed by atoms with Crippen molar-refractivity contribution in [2.75, 3.05) is 6.54 Å². The molecule has 102 valence electrons. The van der Waals surface area contributed by atoms with Crippen LogP contribution in [-0.2, 0) is 16.4 Å². The van der Waals surface area contributed by atoms with E-state index in [1.165, 1.54) is 0 Å². The van der Waals surface area contributed by atoms with E-state index >= 15 is 0 Å². The first kappa shape index (κ1) is 13.6. The van der Waals surface area contributed by atoms with Crippen molar-refractivity contribution in [1.29, 1.82) is 0 Å². The molecule has 0 radical (unpaired) electrons. The molecule has 0 amide bonds. The second kappa shape index (κ2) is 5.89. The summed E-state index contributed by atoms with van der Waals surface area (Å²) < 4.78 is 38.9. The third-order valence-electron chi connectivity index (χ3n) is 2.43. The fourth-order valence-electron chi connectivity index (χ4n) is 1.52. The second-order valence-corrected chi connectivity index (χ2v) is 5.64. The van der Waals surface area contributed by atoms with Gasteiger partial charge in [-0.1, -0.05) is 0 Å². The van der Waals surface area contributed by atoms with E-state index in [1.54, 1.807) is 12.4 Å². The van der Waals surface area contributed by atoms with Crippen molar-refractivity contribution in [3.8, 4) is 0 Å². The average Bonchev–Trinajstić information content (AvgIpc) is 2.88. The lowest BCUT2D eigenvalue weighted by atomic mass is 10.3. The minimum Gasteiger partial charge on any atom is -0.349 e. The van der Waals surface area contributed by atoms with Gasteiger partial charge in [0, 0.05) is 31.6 Å². The van der Waals surface area contributed by atoms with Gasteiger partial charge in [0.05, 0.1) is 6.20 Å². The van der Waals surface area contributed by atoms with Crippen LogP contribution < -0.4 is 4.72 Å². The molecule has 2 rings (SSSR count). The van der Waals surface area contributed by atoms with Crippen LogP contribution in [0.1, 0.15) is 12.2 Å². The number of rotatable bonds is 6. The van der Waals surface area contributed by atoms with Crippen molar-refractivity contribution in [3.63, 3.8) is 0 Å². The number of nitrogens with one attached hydrogen (secondary N) is 2. The first-order valence-electron chi connectivity index (χ1n) is 5.66. The highest BCUT2D eigenvalue weighted by Crippen LogP contribution is 2.08. The quantitative estimate of drug-likeness (QED) is 0.770. The highest BCUT2D eigenvalue weighted by atomic mass is 32.2. The summed E-state index contributed by atoms with van der Waals surface area (Å²) in [6.45, 7) is 0.250. The highest BCUT2D eigenvalue weighted by molar-refractivity contribution is 7.89. The van der Waals surface area contributed by atoms with Gasteiger partial charge in [-0.25, -0.2) is 22.5 Å². The van der Waals surface area contributed by atoms with Crippen LogP contribution in [0.15, 0.2) is 35.7 Å². The van der Waals surface area contributed by atoms with E-state index < -0.39 is 15.8 Å². The number of sulfonamides is 1. The molecular formula is C11H13FN4O2S. The van der Waals surface area contributed by atoms with Crippen molar-refractivity contribution >= 4 is 10.0 Å². The zero-order valence-corrected chi connectivity index (χ0v) is 10.8. The summed E-state index contributed by atoms with van der Waals surface area (Å²) in [6.07, 6.45) is 6.64. The highest BCUT2D eigenvalue weighted by Gasteiger charge is 2.14. The maximum Gasteiger partial charge on any atom is 0.242 e. The molecule has 2 N–H and O–H groups in total. The summed E-state index contributed by atoms with van der Waals surface area (Å²) >= 11 is 0. The van der Waals surface area contributed by atoms with Crippen LogP contribution in [-0.4, -0.2) is 29.9 Å². The van der Waals surface area contributed by atoms with Gasteiger partial charge in [-0.05, 0) is 12.5 Å². The van der Waals surface area contributed by atoms with Gasteiger partial charge in [0.1, 0.15) is 16.5 Å². The monoisotopic (exact) mass is 284 g/mol. The Morgan fingerprint density at radius 1 is 1.37 bits per heavy atom. The van der Waals surface area contributed by atoms with Crippen molar-refractivity contribution in [2.24, 2.45) is 0 Å². The molecule has 2 heterocycles. The van der Waals surface area contributed by atoms with Crippen LogP contribution in [0.3, 0.4) is 0 Å². The summed E-state index contributed by atoms with van der Waals surface area (Å²) in [5.74, 6) is 0.116. The lowest BCUT2D eigenvalue weighted by molar-refractivity contribution is 0.573. The van der Waals surface area contributed by atoms with E-state index in [-0.39, 0.29) is 11.4 Å². The number of nitrogens with zero attached hydrogens (tertiary/aromatic N) is 2. The molecule has 2 aromatic heterocycles. The largest absolute Gasteiger partial charge is 0.349 e. The molecule has 0 unspecified atom stereocenters. The molecule has 0 aliphatic carbocycles. The number of halogens is 1. The molecule has 6 nitrogen and oxygen atoms in total. The second-order valence-electron chi connectivity index (χ2n) is 3.88. The molecule has 0 fully saturated rings. The Morgan fingerprint density at radius 3 is 2.89 bits per heavy atom. The predicted octanol–water partition coefficient (Wildman–Crippen LogP) is 0.855. The molecule has 2 aromatic rings. The first-order chi connectivity index (χ1) is 9.08. The first-order valence-corrected chi connectivity index (χ1v) is 7.15. The molecule has 0 aliphatic heterocycles. The van der Waals surface area contributed by atoms with Gasteiger partial charge in [0.25, 0.3) is 0 Å². The zero-order valence-electron chi connectivity index (χ0n) is 10.0. The molecule has 0 aliphatic rings. The van der Waals surface area contributed by atoms with E-state index in [2.05, 4.69) is 19.7 Å². The number of aromatic nitrogens is 3. The molecule has 0 atom stereocenters. The SMILES string of the molecule is O=S(=O)(NCCCc1ncc[nH]1)c1cncc(F)c1. The molecular weight excluding hydrogens is 271 g/mol. The molecule has 0 saturated heterocycles. The number of imidazole rings is 1. The molecule has 0 aromatic carbocycles. The average molecular weight is 284 g/mol. The Morgan fingerprint density at radius 2 is 2.21 bits per heavy atom. The lowest BCUT2D eigenvalue weighted by Gasteiger charge is -2.05. The van der Waals surface area contributed by atoms with E-state index in [4.69, 9.17) is 0 Å². The smallest absolute Gasteiger partial charge is 0.242 e. The van der Waals surface area contributed by atoms with Crippen molar-refractivity contribution in [2.45, 2.75) is 17.7 Å². The third-order valence-corrected chi connectivity index (χ3v) is 3.86. The van der Waals surface area contributed by atoms with Gasteiger partial charge in [-0.15, -0.1) is 0 Å². The number of aryl methyl sites for hydroxylation is 1. The Bertz CT molecular complexity index is 628. The maximum atomic E-state index is 12.9. The van der Waals surface area contributed by atoms with Crippen LogP contribution in [0.4, 0.5) is 4.39 Å². The Balaban J connectivity index is 1.88. The van der Waals surface area contributed by atoms with E-state index in [9.17, 15) is 12.8 Å². The topological polar surface area (TPSA) is 87.7 Å². The van der Waals surface area contributed by atoms with Crippen molar-refractivity contribution < 1.29 is 12.8 Å². The summed E-state index contributed by atoms with van der Waals surface area (Å²) in [5.41, 5.74) is 0. The minimum atomic E-state index is -3.71. The fourth-order valence-corrected chi connectivity index (χ4v) is 2.57. The van der Waals surface area contributed by atoms with E-state index in [1.807, 2.05) is 0 Å². The van der Waals surface area contributed by atoms with Crippen molar-refractivity contribution in [1.82, 2.24) is 19.7 Å². The fraction of sp³-hybridized carbons (Fsp3) is 0.273. The standard InChI is InChI=1S/C11H13FN4O2S/c12-9-6-10(8-13-7-9)19(17,18)16-3-1-2-11-14-4-5-15-11/h4-8,16H,1-3H2,(H,14,15). The molecule has 0 bridgehead atoms. The molecule has 0 saturated carbocycles. The number of H-pyrrole nitrogens is 1. The molecule has 8 heteroatoms. The number of pyridine rings is 1. The number of hydrogen-bond donors (Lipinski definition) is 2. The Labute approximate surface area is 110 Å². The lowest BCUT2D eigenvalue weighted by Crippen LogP contribution is -2.25. The van der Waals surface area contributed by atoms with Crippen LogP contribution in [0.25, 0.3) is 0 Å². The molecule has 0 spiro atoms. The zero-order chi connectivity index (χ0) is 13.7. The van der Waals surface area contributed by atoms with Crippen molar-refractivity contribution in [3.05, 3.63) is 42.5 Å². The summed E-state index contributed by atoms with van der Waals surface area (Å²) in [6, 6.07) is 0.932. The minimum absolute atomic E-state index is 0.175.